The Kier molecular flexibility index (Phi) is 3.56. The van der Waals surface area contributed by atoms with Gasteiger partial charge in [0.1, 0.15) is 6.54 Å². The summed E-state index contributed by atoms with van der Waals surface area (Å²) in [5.41, 5.74) is 1.57. The molecule has 124 valence electrons. The number of amides is 2. The van der Waals surface area contributed by atoms with Crippen molar-refractivity contribution in [1.29, 1.82) is 0 Å². The van der Waals surface area contributed by atoms with Gasteiger partial charge in [-0.25, -0.2) is 0 Å². The van der Waals surface area contributed by atoms with E-state index in [1.807, 2.05) is 41.3 Å². The summed E-state index contributed by atoms with van der Waals surface area (Å²) in [6.07, 6.45) is 1.16. The van der Waals surface area contributed by atoms with Crippen LogP contribution in [0, 0.1) is 11.8 Å². The second kappa shape index (κ2) is 5.62. The van der Waals surface area contributed by atoms with E-state index >= 15 is 0 Å². The summed E-state index contributed by atoms with van der Waals surface area (Å²) in [6.45, 7) is 6.10. The molecule has 2 unspecified atom stereocenters. The standard InChI is InChI=1S/C20H22N2O2/c1-13-9-14(2)11-21(10-13)18(23)12-22-17-8-4-6-15-5-3-7-16(19(15)17)20(22)24/h3-8,13-14H,9-12H2,1-2H3. The third-order valence-electron chi connectivity index (χ3n) is 5.16. The van der Waals surface area contributed by atoms with Gasteiger partial charge >= 0.3 is 0 Å². The minimum atomic E-state index is -0.0618. The van der Waals surface area contributed by atoms with Gasteiger partial charge in [-0.1, -0.05) is 38.1 Å². The lowest BCUT2D eigenvalue weighted by molar-refractivity contribution is -0.132. The number of carbonyl (C=O) groups is 2. The van der Waals surface area contributed by atoms with E-state index in [2.05, 4.69) is 13.8 Å². The van der Waals surface area contributed by atoms with Crippen molar-refractivity contribution in [2.75, 3.05) is 24.5 Å². The van der Waals surface area contributed by atoms with Crippen molar-refractivity contribution in [2.24, 2.45) is 11.8 Å². The first-order chi connectivity index (χ1) is 11.5. The van der Waals surface area contributed by atoms with Gasteiger partial charge in [-0.15, -0.1) is 0 Å². The molecule has 4 heteroatoms. The van der Waals surface area contributed by atoms with E-state index in [0.717, 1.165) is 36.0 Å². The molecule has 0 saturated carbocycles. The monoisotopic (exact) mass is 322 g/mol. The molecule has 0 aromatic heterocycles. The molecule has 0 aliphatic carbocycles. The van der Waals surface area contributed by atoms with Crippen LogP contribution in [-0.4, -0.2) is 36.3 Å². The number of carbonyl (C=O) groups excluding carboxylic acids is 2. The van der Waals surface area contributed by atoms with Gasteiger partial charge in [0.2, 0.25) is 5.91 Å². The Morgan fingerprint density at radius 1 is 1.08 bits per heavy atom. The number of hydrogen-bond donors (Lipinski definition) is 0. The van der Waals surface area contributed by atoms with Crippen molar-refractivity contribution < 1.29 is 9.59 Å². The summed E-state index contributed by atoms with van der Waals surface area (Å²) in [5, 5.41) is 2.02. The maximum Gasteiger partial charge on any atom is 0.259 e. The summed E-state index contributed by atoms with van der Waals surface area (Å²) in [6, 6.07) is 11.7. The van der Waals surface area contributed by atoms with Crippen LogP contribution in [-0.2, 0) is 4.79 Å². The summed E-state index contributed by atoms with van der Waals surface area (Å²) in [7, 11) is 0. The summed E-state index contributed by atoms with van der Waals surface area (Å²) in [4.78, 5) is 29.1. The summed E-state index contributed by atoms with van der Waals surface area (Å²) in [5.74, 6) is 1.03. The summed E-state index contributed by atoms with van der Waals surface area (Å²) < 4.78 is 0. The van der Waals surface area contributed by atoms with Crippen LogP contribution in [0.15, 0.2) is 36.4 Å². The third kappa shape index (κ3) is 2.37. The van der Waals surface area contributed by atoms with Gasteiger partial charge in [0.05, 0.1) is 5.69 Å². The van der Waals surface area contributed by atoms with Crippen LogP contribution in [0.5, 0.6) is 0 Å². The van der Waals surface area contributed by atoms with Crippen LogP contribution in [0.25, 0.3) is 10.8 Å². The highest BCUT2D eigenvalue weighted by Crippen LogP contribution is 2.37. The molecular weight excluding hydrogens is 300 g/mol. The van der Waals surface area contributed by atoms with Gasteiger partial charge in [-0.05, 0) is 35.8 Å². The van der Waals surface area contributed by atoms with Crippen molar-refractivity contribution in [3.8, 4) is 0 Å². The van der Waals surface area contributed by atoms with Gasteiger partial charge in [0, 0.05) is 24.0 Å². The first kappa shape index (κ1) is 15.2. The molecule has 2 aliphatic rings. The van der Waals surface area contributed by atoms with Crippen LogP contribution in [0.3, 0.4) is 0 Å². The molecule has 0 bridgehead atoms. The zero-order valence-electron chi connectivity index (χ0n) is 14.2. The topological polar surface area (TPSA) is 40.6 Å². The largest absolute Gasteiger partial charge is 0.341 e. The van der Waals surface area contributed by atoms with E-state index in [4.69, 9.17) is 0 Å². The van der Waals surface area contributed by atoms with Crippen molar-refractivity contribution in [3.63, 3.8) is 0 Å². The molecule has 0 radical (unpaired) electrons. The summed E-state index contributed by atoms with van der Waals surface area (Å²) >= 11 is 0. The molecule has 0 N–H and O–H groups in total. The van der Waals surface area contributed by atoms with Gasteiger partial charge in [0.25, 0.3) is 5.91 Å². The van der Waals surface area contributed by atoms with Gasteiger partial charge in [-0.3, -0.25) is 14.5 Å². The third-order valence-corrected chi connectivity index (χ3v) is 5.16. The quantitative estimate of drug-likeness (QED) is 0.851. The van der Waals surface area contributed by atoms with Crippen LogP contribution >= 0.6 is 0 Å². The van der Waals surface area contributed by atoms with E-state index in [1.165, 1.54) is 0 Å². The number of piperidine rings is 1. The van der Waals surface area contributed by atoms with E-state index in [0.29, 0.717) is 17.4 Å². The second-order valence-electron chi connectivity index (χ2n) is 7.32. The number of nitrogens with zero attached hydrogens (tertiary/aromatic N) is 2. The van der Waals surface area contributed by atoms with E-state index in [-0.39, 0.29) is 18.4 Å². The SMILES string of the molecule is CC1CC(C)CN(C(=O)CN2C(=O)c3cccc4cccc2c34)C1. The highest BCUT2D eigenvalue weighted by Gasteiger charge is 2.33. The van der Waals surface area contributed by atoms with Crippen LogP contribution in [0.1, 0.15) is 30.6 Å². The van der Waals surface area contributed by atoms with Crippen molar-refractivity contribution in [2.45, 2.75) is 20.3 Å². The van der Waals surface area contributed by atoms with Crippen molar-refractivity contribution in [1.82, 2.24) is 4.90 Å². The highest BCUT2D eigenvalue weighted by atomic mass is 16.2. The zero-order chi connectivity index (χ0) is 16.8. The Hall–Kier alpha value is -2.36. The molecule has 4 rings (SSSR count). The molecule has 2 amide bonds. The predicted molar refractivity (Wildman–Crippen MR) is 95.1 cm³/mol. The molecule has 2 aromatic carbocycles. The molecule has 2 heterocycles. The number of benzene rings is 2. The molecule has 2 aliphatic heterocycles. The Labute approximate surface area is 142 Å². The van der Waals surface area contributed by atoms with Crippen LogP contribution < -0.4 is 4.90 Å². The fraction of sp³-hybridized carbons (Fsp3) is 0.400. The first-order valence-electron chi connectivity index (χ1n) is 8.66. The van der Waals surface area contributed by atoms with Gasteiger partial charge in [0.15, 0.2) is 0 Å². The molecule has 0 spiro atoms. The molecule has 2 atom stereocenters. The normalized spacial score (nSPS) is 23.2. The lowest BCUT2D eigenvalue weighted by Crippen LogP contribution is -2.47. The predicted octanol–water partition coefficient (Wildman–Crippen LogP) is 3.30. The van der Waals surface area contributed by atoms with E-state index < -0.39 is 0 Å². The Bertz CT molecular complexity index is 814. The molecule has 1 fully saturated rings. The van der Waals surface area contributed by atoms with Crippen molar-refractivity contribution >= 4 is 28.3 Å². The molecule has 2 aromatic rings. The number of anilines is 1. The number of rotatable bonds is 2. The van der Waals surface area contributed by atoms with Gasteiger partial charge < -0.3 is 4.90 Å². The fourth-order valence-electron chi connectivity index (χ4n) is 4.24. The average molecular weight is 322 g/mol. The molecular formula is C20H22N2O2. The van der Waals surface area contributed by atoms with E-state index in [1.54, 1.807) is 4.90 Å². The average Bonchev–Trinajstić information content (AvgIpc) is 2.82. The number of hydrogen-bond acceptors (Lipinski definition) is 2. The zero-order valence-corrected chi connectivity index (χ0v) is 14.2. The minimum Gasteiger partial charge on any atom is -0.341 e. The van der Waals surface area contributed by atoms with Crippen molar-refractivity contribution in [3.05, 3.63) is 42.0 Å². The van der Waals surface area contributed by atoms with Gasteiger partial charge in [-0.2, -0.15) is 0 Å². The maximum atomic E-state index is 12.8. The Morgan fingerprint density at radius 3 is 2.46 bits per heavy atom. The minimum absolute atomic E-state index is 0.0477. The fourth-order valence-corrected chi connectivity index (χ4v) is 4.24. The van der Waals surface area contributed by atoms with Crippen LogP contribution in [0.4, 0.5) is 5.69 Å². The highest BCUT2D eigenvalue weighted by molar-refractivity contribution is 6.26. The maximum absolute atomic E-state index is 12.8. The van der Waals surface area contributed by atoms with E-state index in [9.17, 15) is 9.59 Å². The first-order valence-corrected chi connectivity index (χ1v) is 8.66. The lowest BCUT2D eigenvalue weighted by Gasteiger charge is -2.35. The smallest absolute Gasteiger partial charge is 0.259 e. The molecule has 24 heavy (non-hydrogen) atoms. The molecule has 4 nitrogen and oxygen atoms in total. The Balaban J connectivity index is 1.61. The number of likely N-dealkylation sites (tertiary alicyclic amines) is 1. The Morgan fingerprint density at radius 2 is 1.75 bits per heavy atom. The molecule has 1 saturated heterocycles. The second-order valence-corrected chi connectivity index (χ2v) is 7.32. The lowest BCUT2D eigenvalue weighted by atomic mass is 9.92. The van der Waals surface area contributed by atoms with Crippen LogP contribution in [0.2, 0.25) is 0 Å².